The molecule has 1 amide bonds. The molecule has 2 fully saturated rings. The van der Waals surface area contributed by atoms with Crippen molar-refractivity contribution >= 4 is 5.91 Å². The van der Waals surface area contributed by atoms with Crippen molar-refractivity contribution < 1.29 is 4.79 Å². The number of amides is 1. The average molecular weight is 257 g/mol. The van der Waals surface area contributed by atoms with E-state index in [0.717, 1.165) is 24.8 Å². The molecule has 3 atom stereocenters. The second kappa shape index (κ2) is 5.36. The SMILES string of the molecule is CN(Cc1ccccc1)C(=O)CC1CC2CCC1C2. The van der Waals surface area contributed by atoms with Crippen LogP contribution in [0.5, 0.6) is 0 Å². The zero-order valence-corrected chi connectivity index (χ0v) is 11.7. The van der Waals surface area contributed by atoms with Crippen LogP contribution in [0.1, 0.15) is 37.7 Å². The summed E-state index contributed by atoms with van der Waals surface area (Å²) < 4.78 is 0. The summed E-state index contributed by atoms with van der Waals surface area (Å²) in [7, 11) is 1.93. The van der Waals surface area contributed by atoms with Gasteiger partial charge in [-0.05, 0) is 42.6 Å². The van der Waals surface area contributed by atoms with E-state index in [1.54, 1.807) is 0 Å². The van der Waals surface area contributed by atoms with Gasteiger partial charge in [-0.1, -0.05) is 36.8 Å². The highest BCUT2D eigenvalue weighted by atomic mass is 16.2. The Hall–Kier alpha value is -1.31. The van der Waals surface area contributed by atoms with Crippen LogP contribution in [0.15, 0.2) is 30.3 Å². The van der Waals surface area contributed by atoms with Gasteiger partial charge < -0.3 is 4.90 Å². The van der Waals surface area contributed by atoms with Gasteiger partial charge in [-0.15, -0.1) is 0 Å². The zero-order valence-electron chi connectivity index (χ0n) is 11.7. The fraction of sp³-hybridized carbons (Fsp3) is 0.588. The monoisotopic (exact) mass is 257 g/mol. The van der Waals surface area contributed by atoms with Crippen molar-refractivity contribution in [3.63, 3.8) is 0 Å². The molecular weight excluding hydrogens is 234 g/mol. The molecule has 19 heavy (non-hydrogen) atoms. The van der Waals surface area contributed by atoms with Crippen molar-refractivity contribution in [3.8, 4) is 0 Å². The van der Waals surface area contributed by atoms with E-state index in [2.05, 4.69) is 12.1 Å². The summed E-state index contributed by atoms with van der Waals surface area (Å²) in [5, 5.41) is 0. The Morgan fingerprint density at radius 3 is 2.63 bits per heavy atom. The molecule has 1 aromatic rings. The van der Waals surface area contributed by atoms with E-state index in [9.17, 15) is 4.79 Å². The molecule has 0 saturated heterocycles. The highest BCUT2D eigenvalue weighted by Gasteiger charge is 2.40. The Morgan fingerprint density at radius 2 is 2.00 bits per heavy atom. The maximum absolute atomic E-state index is 12.3. The largest absolute Gasteiger partial charge is 0.341 e. The van der Waals surface area contributed by atoms with Crippen LogP contribution >= 0.6 is 0 Å². The van der Waals surface area contributed by atoms with E-state index in [0.29, 0.717) is 11.8 Å². The lowest BCUT2D eigenvalue weighted by atomic mass is 9.86. The number of benzene rings is 1. The van der Waals surface area contributed by atoms with Crippen molar-refractivity contribution in [2.45, 2.75) is 38.6 Å². The molecule has 0 N–H and O–H groups in total. The second-order valence-electron chi connectivity index (χ2n) is 6.37. The minimum absolute atomic E-state index is 0.321. The summed E-state index contributed by atoms with van der Waals surface area (Å²) >= 11 is 0. The summed E-state index contributed by atoms with van der Waals surface area (Å²) in [5.74, 6) is 2.77. The van der Waals surface area contributed by atoms with Gasteiger partial charge in [-0.3, -0.25) is 4.79 Å². The predicted molar refractivity (Wildman–Crippen MR) is 76.5 cm³/mol. The summed E-state index contributed by atoms with van der Waals surface area (Å²) in [6.07, 6.45) is 6.24. The third-order valence-electron chi connectivity index (χ3n) is 5.01. The zero-order chi connectivity index (χ0) is 13.2. The van der Waals surface area contributed by atoms with Crippen molar-refractivity contribution in [1.82, 2.24) is 4.90 Å². The van der Waals surface area contributed by atoms with Crippen LogP contribution in [0.2, 0.25) is 0 Å². The molecule has 2 bridgehead atoms. The first-order chi connectivity index (χ1) is 9.22. The summed E-state index contributed by atoms with van der Waals surface area (Å²) in [4.78, 5) is 14.2. The van der Waals surface area contributed by atoms with Gasteiger partial charge in [0.1, 0.15) is 0 Å². The Morgan fingerprint density at radius 1 is 1.21 bits per heavy atom. The van der Waals surface area contributed by atoms with E-state index in [4.69, 9.17) is 0 Å². The Labute approximate surface area is 115 Å². The molecule has 2 aliphatic carbocycles. The van der Waals surface area contributed by atoms with Crippen molar-refractivity contribution in [1.29, 1.82) is 0 Å². The Balaban J connectivity index is 1.53. The van der Waals surface area contributed by atoms with E-state index in [1.807, 2.05) is 30.1 Å². The molecule has 2 nitrogen and oxygen atoms in total. The van der Waals surface area contributed by atoms with Gasteiger partial charge in [0.15, 0.2) is 0 Å². The van der Waals surface area contributed by atoms with Crippen LogP contribution in [-0.4, -0.2) is 17.9 Å². The lowest BCUT2D eigenvalue weighted by Gasteiger charge is -2.24. The van der Waals surface area contributed by atoms with Crippen LogP contribution in [0.25, 0.3) is 0 Å². The molecular formula is C17H23NO. The van der Waals surface area contributed by atoms with Crippen LogP contribution in [-0.2, 0) is 11.3 Å². The number of rotatable bonds is 4. The van der Waals surface area contributed by atoms with Crippen LogP contribution < -0.4 is 0 Å². The van der Waals surface area contributed by atoms with Gasteiger partial charge in [0.05, 0.1) is 0 Å². The third-order valence-corrected chi connectivity index (χ3v) is 5.01. The fourth-order valence-electron chi connectivity index (χ4n) is 3.95. The third kappa shape index (κ3) is 2.83. The molecule has 2 saturated carbocycles. The fourth-order valence-corrected chi connectivity index (χ4v) is 3.95. The Bertz CT molecular complexity index is 442. The number of hydrogen-bond acceptors (Lipinski definition) is 1. The van der Waals surface area contributed by atoms with Crippen molar-refractivity contribution in [2.24, 2.45) is 17.8 Å². The summed E-state index contributed by atoms with van der Waals surface area (Å²) in [6, 6.07) is 10.2. The highest BCUT2D eigenvalue weighted by Crippen LogP contribution is 2.49. The quantitative estimate of drug-likeness (QED) is 0.808. The molecule has 0 spiro atoms. The van der Waals surface area contributed by atoms with Gasteiger partial charge in [0.25, 0.3) is 0 Å². The molecule has 0 aliphatic heterocycles. The molecule has 2 aliphatic rings. The lowest BCUT2D eigenvalue weighted by Crippen LogP contribution is -2.29. The van der Waals surface area contributed by atoms with Crippen LogP contribution in [0.3, 0.4) is 0 Å². The molecule has 102 valence electrons. The van der Waals surface area contributed by atoms with Gasteiger partial charge in [-0.25, -0.2) is 0 Å². The maximum Gasteiger partial charge on any atom is 0.222 e. The molecule has 0 aromatic heterocycles. The minimum Gasteiger partial charge on any atom is -0.341 e. The molecule has 0 radical (unpaired) electrons. The molecule has 3 rings (SSSR count). The molecule has 0 heterocycles. The lowest BCUT2D eigenvalue weighted by molar-refractivity contribution is -0.131. The van der Waals surface area contributed by atoms with Crippen LogP contribution in [0.4, 0.5) is 0 Å². The van der Waals surface area contributed by atoms with Gasteiger partial charge in [0, 0.05) is 20.0 Å². The average Bonchev–Trinajstić information content (AvgIpc) is 3.02. The number of carbonyl (C=O) groups is 1. The first kappa shape index (κ1) is 12.7. The van der Waals surface area contributed by atoms with Crippen molar-refractivity contribution in [2.75, 3.05) is 7.05 Å². The summed E-state index contributed by atoms with van der Waals surface area (Å²) in [6.45, 7) is 0.737. The maximum atomic E-state index is 12.3. The van der Waals surface area contributed by atoms with E-state index >= 15 is 0 Å². The van der Waals surface area contributed by atoms with E-state index < -0.39 is 0 Å². The minimum atomic E-state index is 0.321. The molecule has 3 unspecified atom stereocenters. The predicted octanol–water partition coefficient (Wildman–Crippen LogP) is 3.47. The van der Waals surface area contributed by atoms with Crippen LogP contribution in [0, 0.1) is 17.8 Å². The second-order valence-corrected chi connectivity index (χ2v) is 6.37. The van der Waals surface area contributed by atoms with Gasteiger partial charge >= 0.3 is 0 Å². The number of nitrogens with zero attached hydrogens (tertiary/aromatic N) is 1. The smallest absolute Gasteiger partial charge is 0.222 e. The van der Waals surface area contributed by atoms with E-state index in [1.165, 1.54) is 31.2 Å². The highest BCUT2D eigenvalue weighted by molar-refractivity contribution is 5.76. The number of fused-ring (bicyclic) bond motifs is 2. The first-order valence-electron chi connectivity index (χ1n) is 7.50. The van der Waals surface area contributed by atoms with Gasteiger partial charge in [-0.2, -0.15) is 0 Å². The molecule has 2 heteroatoms. The van der Waals surface area contributed by atoms with Crippen molar-refractivity contribution in [3.05, 3.63) is 35.9 Å². The standard InChI is InChI=1S/C17H23NO/c1-18(12-13-5-3-2-4-6-13)17(19)11-16-10-14-7-8-15(16)9-14/h2-6,14-16H,7-12H2,1H3. The Kier molecular flexibility index (Phi) is 3.58. The number of carbonyl (C=O) groups excluding carboxylic acids is 1. The first-order valence-corrected chi connectivity index (χ1v) is 7.50. The normalized spacial score (nSPS) is 28.6. The van der Waals surface area contributed by atoms with E-state index in [-0.39, 0.29) is 0 Å². The number of hydrogen-bond donors (Lipinski definition) is 0. The topological polar surface area (TPSA) is 20.3 Å². The van der Waals surface area contributed by atoms with Gasteiger partial charge in [0.2, 0.25) is 5.91 Å². The summed E-state index contributed by atoms with van der Waals surface area (Å²) in [5.41, 5.74) is 1.21. The molecule has 1 aromatic carbocycles.